The van der Waals surface area contributed by atoms with Crippen molar-refractivity contribution < 1.29 is 0 Å². The largest absolute Gasteiger partial charge is 0.366 e. The number of hydrogen-bond acceptors (Lipinski definition) is 5. The number of hydrogen-bond donors (Lipinski definition) is 2. The summed E-state index contributed by atoms with van der Waals surface area (Å²) in [5.74, 6) is 1.77. The normalized spacial score (nSPS) is 12.2. The van der Waals surface area contributed by atoms with Gasteiger partial charge in [0.2, 0.25) is 0 Å². The molecule has 0 aliphatic heterocycles. The maximum atomic E-state index is 5.57. The van der Waals surface area contributed by atoms with Crippen LogP contribution in [0.4, 0.5) is 11.6 Å². The van der Waals surface area contributed by atoms with Crippen molar-refractivity contribution in [2.45, 2.75) is 32.7 Å². The number of rotatable bonds is 7. The fraction of sp³-hybridized carbons (Fsp3) is 0.667. The molecule has 0 aliphatic carbocycles. The quantitative estimate of drug-likeness (QED) is 0.751. The summed E-state index contributed by atoms with van der Waals surface area (Å²) in [6, 6.07) is 2.18. The van der Waals surface area contributed by atoms with Crippen LogP contribution in [0.15, 0.2) is 12.4 Å². The van der Waals surface area contributed by atoms with Gasteiger partial charge in [0.05, 0.1) is 0 Å². The van der Waals surface area contributed by atoms with Crippen LogP contribution in [0.25, 0.3) is 0 Å². The van der Waals surface area contributed by atoms with Gasteiger partial charge in [-0.15, -0.1) is 0 Å². The predicted octanol–water partition coefficient (Wildman–Crippen LogP) is 1.47. The molecule has 96 valence electrons. The maximum absolute atomic E-state index is 5.57. The molecule has 1 heterocycles. The van der Waals surface area contributed by atoms with E-state index in [2.05, 4.69) is 27.1 Å². The molecule has 0 spiro atoms. The van der Waals surface area contributed by atoms with Crippen molar-refractivity contribution in [3.8, 4) is 0 Å². The number of nitrogens with one attached hydrogen (secondary N) is 1. The van der Waals surface area contributed by atoms with E-state index in [0.717, 1.165) is 18.2 Å². The molecule has 0 aromatic carbocycles. The summed E-state index contributed by atoms with van der Waals surface area (Å²) < 4.78 is 0. The molecule has 1 aromatic heterocycles. The molecule has 1 unspecified atom stereocenters. The molecule has 0 saturated carbocycles. The van der Waals surface area contributed by atoms with Gasteiger partial charge < -0.3 is 16.0 Å². The first-order valence-corrected chi connectivity index (χ1v) is 6.17. The SMILES string of the molecule is CCCCN(C)c1cc(NC(C)CN)ncn1. The average Bonchev–Trinajstić information content (AvgIpc) is 2.36. The van der Waals surface area contributed by atoms with Crippen LogP contribution < -0.4 is 16.0 Å². The summed E-state index contributed by atoms with van der Waals surface area (Å²) in [6.45, 7) is 5.82. The average molecular weight is 237 g/mol. The van der Waals surface area contributed by atoms with Crippen molar-refractivity contribution in [3.63, 3.8) is 0 Å². The Hall–Kier alpha value is -1.36. The number of aromatic nitrogens is 2. The van der Waals surface area contributed by atoms with Crippen molar-refractivity contribution in [2.24, 2.45) is 5.73 Å². The summed E-state index contributed by atoms with van der Waals surface area (Å²) in [6.07, 6.45) is 3.94. The molecule has 5 heteroatoms. The third-order valence-corrected chi connectivity index (χ3v) is 2.64. The van der Waals surface area contributed by atoms with Crippen LogP contribution in [0.2, 0.25) is 0 Å². The van der Waals surface area contributed by atoms with Crippen molar-refractivity contribution in [1.29, 1.82) is 0 Å². The number of nitrogens with two attached hydrogens (primary N) is 1. The van der Waals surface area contributed by atoms with E-state index in [1.165, 1.54) is 12.8 Å². The summed E-state index contributed by atoms with van der Waals surface area (Å²) in [5.41, 5.74) is 5.57. The van der Waals surface area contributed by atoms with Crippen LogP contribution in [-0.4, -0.2) is 36.1 Å². The van der Waals surface area contributed by atoms with E-state index in [4.69, 9.17) is 5.73 Å². The van der Waals surface area contributed by atoms with Crippen molar-refractivity contribution in [2.75, 3.05) is 30.4 Å². The minimum atomic E-state index is 0.221. The van der Waals surface area contributed by atoms with E-state index < -0.39 is 0 Å². The molecule has 1 rings (SSSR count). The van der Waals surface area contributed by atoms with Crippen LogP contribution in [-0.2, 0) is 0 Å². The smallest absolute Gasteiger partial charge is 0.133 e. The molecule has 0 saturated heterocycles. The Morgan fingerprint density at radius 3 is 2.88 bits per heavy atom. The van der Waals surface area contributed by atoms with Gasteiger partial charge >= 0.3 is 0 Å². The number of anilines is 2. The molecule has 0 amide bonds. The van der Waals surface area contributed by atoms with Gasteiger partial charge in [-0.05, 0) is 13.3 Å². The fourth-order valence-corrected chi connectivity index (χ4v) is 1.46. The first-order valence-electron chi connectivity index (χ1n) is 6.17. The fourth-order valence-electron chi connectivity index (χ4n) is 1.46. The predicted molar refractivity (Wildman–Crippen MR) is 72.3 cm³/mol. The summed E-state index contributed by atoms with van der Waals surface area (Å²) >= 11 is 0. The van der Waals surface area contributed by atoms with E-state index in [-0.39, 0.29) is 6.04 Å². The molecular formula is C12H23N5. The number of unbranched alkanes of at least 4 members (excludes halogenated alkanes) is 1. The molecule has 0 fully saturated rings. The second kappa shape index (κ2) is 7.06. The molecule has 0 aliphatic rings. The lowest BCUT2D eigenvalue weighted by atomic mass is 10.3. The number of nitrogens with zero attached hydrogens (tertiary/aromatic N) is 3. The summed E-state index contributed by atoms with van der Waals surface area (Å²) in [4.78, 5) is 10.6. The van der Waals surface area contributed by atoms with E-state index in [9.17, 15) is 0 Å². The summed E-state index contributed by atoms with van der Waals surface area (Å²) in [5, 5.41) is 3.24. The summed E-state index contributed by atoms with van der Waals surface area (Å²) in [7, 11) is 2.05. The Labute approximate surface area is 103 Å². The van der Waals surface area contributed by atoms with Crippen molar-refractivity contribution in [3.05, 3.63) is 12.4 Å². The molecule has 3 N–H and O–H groups in total. The Kier molecular flexibility index (Phi) is 5.69. The van der Waals surface area contributed by atoms with E-state index in [1.54, 1.807) is 6.33 Å². The first kappa shape index (κ1) is 13.7. The highest BCUT2D eigenvalue weighted by molar-refractivity contribution is 5.48. The van der Waals surface area contributed by atoms with Gasteiger partial charge in [-0.3, -0.25) is 0 Å². The molecular weight excluding hydrogens is 214 g/mol. The van der Waals surface area contributed by atoms with Gasteiger partial charge in [0.25, 0.3) is 0 Å². The highest BCUT2D eigenvalue weighted by Crippen LogP contribution is 2.13. The second-order valence-corrected chi connectivity index (χ2v) is 4.32. The van der Waals surface area contributed by atoms with Crippen LogP contribution in [0.3, 0.4) is 0 Å². The van der Waals surface area contributed by atoms with Gasteiger partial charge in [-0.2, -0.15) is 0 Å². The molecule has 17 heavy (non-hydrogen) atoms. The zero-order chi connectivity index (χ0) is 12.7. The third-order valence-electron chi connectivity index (χ3n) is 2.64. The first-order chi connectivity index (χ1) is 8.17. The van der Waals surface area contributed by atoms with E-state index >= 15 is 0 Å². The van der Waals surface area contributed by atoms with E-state index in [1.807, 2.05) is 20.0 Å². The molecule has 1 atom stereocenters. The minimum absolute atomic E-state index is 0.221. The van der Waals surface area contributed by atoms with Crippen LogP contribution in [0, 0.1) is 0 Å². The third kappa shape index (κ3) is 4.56. The lowest BCUT2D eigenvalue weighted by Gasteiger charge is -2.19. The Morgan fingerprint density at radius 1 is 1.47 bits per heavy atom. The molecule has 5 nitrogen and oxygen atoms in total. The van der Waals surface area contributed by atoms with Gasteiger partial charge in [0, 0.05) is 32.2 Å². The van der Waals surface area contributed by atoms with Gasteiger partial charge in [0.1, 0.15) is 18.0 Å². The standard InChI is InChI=1S/C12H23N5/c1-4-5-6-17(3)12-7-11(14-9-15-12)16-10(2)8-13/h7,9-10H,4-6,8,13H2,1-3H3,(H,14,15,16). The van der Waals surface area contributed by atoms with Gasteiger partial charge in [-0.25, -0.2) is 9.97 Å². The van der Waals surface area contributed by atoms with Gasteiger partial charge in [0.15, 0.2) is 0 Å². The lowest BCUT2D eigenvalue weighted by molar-refractivity contribution is 0.756. The van der Waals surface area contributed by atoms with Crippen LogP contribution >= 0.6 is 0 Å². The topological polar surface area (TPSA) is 67.1 Å². The molecule has 1 aromatic rings. The maximum Gasteiger partial charge on any atom is 0.133 e. The Balaban J connectivity index is 2.64. The van der Waals surface area contributed by atoms with Crippen molar-refractivity contribution in [1.82, 2.24) is 9.97 Å². The molecule has 0 bridgehead atoms. The zero-order valence-corrected chi connectivity index (χ0v) is 11.0. The molecule has 0 radical (unpaired) electrons. The van der Waals surface area contributed by atoms with Crippen molar-refractivity contribution >= 4 is 11.6 Å². The van der Waals surface area contributed by atoms with Gasteiger partial charge in [-0.1, -0.05) is 13.3 Å². The minimum Gasteiger partial charge on any atom is -0.366 e. The highest BCUT2D eigenvalue weighted by atomic mass is 15.2. The Morgan fingerprint density at radius 2 is 2.24 bits per heavy atom. The van der Waals surface area contributed by atoms with Crippen LogP contribution in [0.5, 0.6) is 0 Å². The highest BCUT2D eigenvalue weighted by Gasteiger charge is 2.05. The monoisotopic (exact) mass is 237 g/mol. The zero-order valence-electron chi connectivity index (χ0n) is 11.0. The van der Waals surface area contributed by atoms with Crippen LogP contribution in [0.1, 0.15) is 26.7 Å². The Bertz CT molecular complexity index is 328. The second-order valence-electron chi connectivity index (χ2n) is 4.32. The lowest BCUT2D eigenvalue weighted by Crippen LogP contribution is -2.26. The van der Waals surface area contributed by atoms with E-state index in [0.29, 0.717) is 6.54 Å².